The van der Waals surface area contributed by atoms with Crippen LogP contribution in [0.2, 0.25) is 0 Å². The van der Waals surface area contributed by atoms with E-state index < -0.39 is 5.97 Å². The van der Waals surface area contributed by atoms with Crippen LogP contribution in [0.25, 0.3) is 0 Å². The van der Waals surface area contributed by atoms with Gasteiger partial charge in [0.05, 0.1) is 0 Å². The van der Waals surface area contributed by atoms with Gasteiger partial charge in [-0.2, -0.15) is 0 Å². The van der Waals surface area contributed by atoms with E-state index in [2.05, 4.69) is 22.2 Å². The number of hydrogen-bond donors (Lipinski definition) is 2. The Morgan fingerprint density at radius 2 is 1.79 bits per heavy atom. The highest BCUT2D eigenvalue weighted by molar-refractivity contribution is 5.76. The summed E-state index contributed by atoms with van der Waals surface area (Å²) >= 11 is 0. The molecular weight excluding hydrogens is 246 g/mol. The van der Waals surface area contributed by atoms with E-state index in [1.54, 1.807) is 0 Å². The van der Waals surface area contributed by atoms with E-state index in [0.29, 0.717) is 19.4 Å². The summed E-state index contributed by atoms with van der Waals surface area (Å²) in [6.07, 6.45) is 1.74. The third kappa shape index (κ3) is 7.79. The lowest BCUT2D eigenvalue weighted by Gasteiger charge is -2.32. The minimum absolute atomic E-state index is 0.0420. The van der Waals surface area contributed by atoms with Crippen molar-refractivity contribution < 1.29 is 14.7 Å². The molecule has 0 aromatic heterocycles. The molecule has 1 heterocycles. The molecule has 1 aliphatic rings. The first-order valence-corrected chi connectivity index (χ1v) is 6.97. The van der Waals surface area contributed by atoms with Crippen molar-refractivity contribution in [2.45, 2.75) is 25.7 Å². The van der Waals surface area contributed by atoms with Gasteiger partial charge in [0.1, 0.15) is 0 Å². The lowest BCUT2D eigenvalue weighted by molar-refractivity contribution is -0.137. The lowest BCUT2D eigenvalue weighted by Crippen LogP contribution is -2.45. The number of carbonyl (C=O) groups is 2. The zero-order chi connectivity index (χ0) is 14.1. The Labute approximate surface area is 114 Å². The smallest absolute Gasteiger partial charge is 0.303 e. The molecule has 1 amide bonds. The second-order valence-electron chi connectivity index (χ2n) is 5.10. The van der Waals surface area contributed by atoms with Crippen LogP contribution in [-0.2, 0) is 9.59 Å². The van der Waals surface area contributed by atoms with Crippen molar-refractivity contribution in [1.29, 1.82) is 0 Å². The second-order valence-corrected chi connectivity index (χ2v) is 5.10. The minimum atomic E-state index is -0.845. The monoisotopic (exact) mass is 271 g/mol. The Balaban J connectivity index is 1.95. The Morgan fingerprint density at radius 3 is 2.42 bits per heavy atom. The molecule has 1 saturated heterocycles. The van der Waals surface area contributed by atoms with Crippen LogP contribution in [0, 0.1) is 0 Å². The number of carboxylic acids is 1. The first kappa shape index (κ1) is 15.9. The number of amides is 1. The zero-order valence-corrected chi connectivity index (χ0v) is 11.7. The van der Waals surface area contributed by atoms with Gasteiger partial charge in [-0.05, 0) is 26.4 Å². The molecule has 19 heavy (non-hydrogen) atoms. The summed E-state index contributed by atoms with van der Waals surface area (Å²) in [4.78, 5) is 26.4. The molecular formula is C13H25N3O3. The molecule has 6 heteroatoms. The van der Waals surface area contributed by atoms with Gasteiger partial charge in [-0.25, -0.2) is 0 Å². The average Bonchev–Trinajstić information content (AvgIpc) is 2.36. The van der Waals surface area contributed by atoms with Gasteiger partial charge in [0, 0.05) is 45.6 Å². The highest BCUT2D eigenvalue weighted by Gasteiger charge is 2.12. The van der Waals surface area contributed by atoms with Crippen LogP contribution in [0.1, 0.15) is 25.7 Å². The van der Waals surface area contributed by atoms with Gasteiger partial charge < -0.3 is 20.2 Å². The number of aliphatic carboxylic acids is 1. The Bertz CT molecular complexity index is 289. The normalized spacial score (nSPS) is 17.3. The van der Waals surface area contributed by atoms with Crippen LogP contribution < -0.4 is 5.32 Å². The van der Waals surface area contributed by atoms with Crippen molar-refractivity contribution in [3.05, 3.63) is 0 Å². The van der Waals surface area contributed by atoms with Crippen LogP contribution in [0.15, 0.2) is 0 Å². The largest absolute Gasteiger partial charge is 0.481 e. The number of hydrogen-bond acceptors (Lipinski definition) is 4. The molecule has 0 bridgehead atoms. The van der Waals surface area contributed by atoms with Gasteiger partial charge >= 0.3 is 5.97 Å². The van der Waals surface area contributed by atoms with Crippen molar-refractivity contribution in [2.75, 3.05) is 46.3 Å². The van der Waals surface area contributed by atoms with E-state index in [0.717, 1.165) is 39.1 Å². The lowest BCUT2D eigenvalue weighted by atomic mass is 10.2. The summed E-state index contributed by atoms with van der Waals surface area (Å²) in [5.41, 5.74) is 0. The maximum absolute atomic E-state index is 11.4. The molecule has 0 atom stereocenters. The third-order valence-corrected chi connectivity index (χ3v) is 3.36. The van der Waals surface area contributed by atoms with Crippen molar-refractivity contribution >= 4 is 11.9 Å². The van der Waals surface area contributed by atoms with E-state index >= 15 is 0 Å². The van der Waals surface area contributed by atoms with Crippen LogP contribution in [0.4, 0.5) is 0 Å². The van der Waals surface area contributed by atoms with Crippen LogP contribution in [0.3, 0.4) is 0 Å². The van der Waals surface area contributed by atoms with Crippen molar-refractivity contribution in [2.24, 2.45) is 0 Å². The quantitative estimate of drug-likeness (QED) is 0.608. The summed E-state index contributed by atoms with van der Waals surface area (Å²) in [6, 6.07) is 0. The van der Waals surface area contributed by atoms with Gasteiger partial charge in [-0.15, -0.1) is 0 Å². The van der Waals surface area contributed by atoms with E-state index in [-0.39, 0.29) is 12.3 Å². The van der Waals surface area contributed by atoms with Gasteiger partial charge in [0.25, 0.3) is 0 Å². The van der Waals surface area contributed by atoms with Gasteiger partial charge in [-0.3, -0.25) is 9.59 Å². The number of rotatable bonds is 8. The first-order valence-electron chi connectivity index (χ1n) is 6.97. The fraction of sp³-hybridized carbons (Fsp3) is 0.846. The number of nitrogens with one attached hydrogen (secondary N) is 1. The molecule has 1 fully saturated rings. The summed E-state index contributed by atoms with van der Waals surface area (Å²) in [6.45, 7) is 6.12. The van der Waals surface area contributed by atoms with Crippen molar-refractivity contribution in [3.8, 4) is 0 Å². The maximum atomic E-state index is 11.4. The van der Waals surface area contributed by atoms with Crippen LogP contribution in [0.5, 0.6) is 0 Å². The average molecular weight is 271 g/mol. The molecule has 0 radical (unpaired) electrons. The predicted molar refractivity (Wildman–Crippen MR) is 73.1 cm³/mol. The number of carbonyl (C=O) groups excluding carboxylic acids is 1. The highest BCUT2D eigenvalue weighted by Crippen LogP contribution is 2.00. The van der Waals surface area contributed by atoms with Gasteiger partial charge in [-0.1, -0.05) is 0 Å². The molecule has 1 rings (SSSR count). The van der Waals surface area contributed by atoms with Crippen molar-refractivity contribution in [3.63, 3.8) is 0 Å². The van der Waals surface area contributed by atoms with E-state index in [1.165, 1.54) is 0 Å². The zero-order valence-electron chi connectivity index (χ0n) is 11.7. The molecule has 6 nitrogen and oxygen atoms in total. The minimum Gasteiger partial charge on any atom is -0.481 e. The molecule has 1 aliphatic heterocycles. The Hall–Kier alpha value is -1.14. The van der Waals surface area contributed by atoms with Crippen molar-refractivity contribution in [1.82, 2.24) is 15.1 Å². The SMILES string of the molecule is CN1CCN(CCCNC(=O)CCCC(=O)O)CC1. The summed E-state index contributed by atoms with van der Waals surface area (Å²) in [5, 5.41) is 11.3. The van der Waals surface area contributed by atoms with E-state index in [4.69, 9.17) is 5.11 Å². The van der Waals surface area contributed by atoms with Crippen LogP contribution >= 0.6 is 0 Å². The first-order chi connectivity index (χ1) is 9.08. The molecule has 0 aliphatic carbocycles. The fourth-order valence-corrected chi connectivity index (χ4v) is 2.09. The van der Waals surface area contributed by atoms with E-state index in [1.807, 2.05) is 0 Å². The fourth-order valence-electron chi connectivity index (χ4n) is 2.09. The molecule has 110 valence electrons. The number of piperazine rings is 1. The molecule has 0 aromatic carbocycles. The maximum Gasteiger partial charge on any atom is 0.303 e. The highest BCUT2D eigenvalue weighted by atomic mass is 16.4. The van der Waals surface area contributed by atoms with E-state index in [9.17, 15) is 9.59 Å². The molecule has 2 N–H and O–H groups in total. The third-order valence-electron chi connectivity index (χ3n) is 3.36. The predicted octanol–water partition coefficient (Wildman–Crippen LogP) is -0.00500. The standard InChI is InChI=1S/C13H25N3O3/c1-15-8-10-16(11-9-15)7-3-6-14-12(17)4-2-5-13(18)19/h2-11H2,1H3,(H,14,17)(H,18,19). The molecule has 0 saturated carbocycles. The Morgan fingerprint density at radius 1 is 1.11 bits per heavy atom. The molecule has 0 spiro atoms. The van der Waals surface area contributed by atoms with Crippen LogP contribution in [-0.4, -0.2) is 73.1 Å². The van der Waals surface area contributed by atoms with Gasteiger partial charge in [0.15, 0.2) is 0 Å². The van der Waals surface area contributed by atoms with Gasteiger partial charge in [0.2, 0.25) is 5.91 Å². The number of carboxylic acid groups (broad SMARTS) is 1. The summed E-state index contributed by atoms with van der Waals surface area (Å²) in [5.74, 6) is -0.887. The topological polar surface area (TPSA) is 72.9 Å². The second kappa shape index (κ2) is 8.87. The summed E-state index contributed by atoms with van der Waals surface area (Å²) < 4.78 is 0. The Kier molecular flexibility index (Phi) is 7.43. The number of likely N-dealkylation sites (N-methyl/N-ethyl adjacent to an activating group) is 1. The number of nitrogens with zero attached hydrogens (tertiary/aromatic N) is 2. The summed E-state index contributed by atoms with van der Waals surface area (Å²) in [7, 11) is 2.13. The molecule has 0 unspecified atom stereocenters. The molecule has 0 aromatic rings.